The molecular formula is C17H26N2O5. The third-order valence-corrected chi connectivity index (χ3v) is 3.95. The summed E-state index contributed by atoms with van der Waals surface area (Å²) in [5.74, 6) is -0.917. The molecule has 1 amide bonds. The van der Waals surface area contributed by atoms with Crippen molar-refractivity contribution in [2.45, 2.75) is 40.7 Å². The van der Waals surface area contributed by atoms with Crippen LogP contribution in [0.15, 0.2) is 0 Å². The Morgan fingerprint density at radius 2 is 1.88 bits per heavy atom. The van der Waals surface area contributed by atoms with Gasteiger partial charge in [0, 0.05) is 31.8 Å². The van der Waals surface area contributed by atoms with Crippen molar-refractivity contribution in [2.24, 2.45) is 0 Å². The van der Waals surface area contributed by atoms with E-state index in [1.54, 1.807) is 27.7 Å². The molecule has 7 heteroatoms. The van der Waals surface area contributed by atoms with Crippen molar-refractivity contribution in [3.05, 3.63) is 22.5 Å². The van der Waals surface area contributed by atoms with Crippen LogP contribution in [0, 0.1) is 13.8 Å². The lowest BCUT2D eigenvalue weighted by Crippen LogP contribution is -2.44. The van der Waals surface area contributed by atoms with Crippen LogP contribution in [0.2, 0.25) is 0 Å². The van der Waals surface area contributed by atoms with Gasteiger partial charge in [-0.1, -0.05) is 0 Å². The predicted molar refractivity (Wildman–Crippen MR) is 89.3 cm³/mol. The van der Waals surface area contributed by atoms with Crippen LogP contribution in [0.25, 0.3) is 0 Å². The Kier molecular flexibility index (Phi) is 7.16. The van der Waals surface area contributed by atoms with E-state index < -0.39 is 12.0 Å². The molecule has 134 valence electrons. The van der Waals surface area contributed by atoms with Crippen LogP contribution in [0.1, 0.15) is 52.9 Å². The van der Waals surface area contributed by atoms with E-state index in [-0.39, 0.29) is 24.0 Å². The third-order valence-electron chi connectivity index (χ3n) is 3.95. The topological polar surface area (TPSA) is 88.7 Å². The van der Waals surface area contributed by atoms with Crippen molar-refractivity contribution in [3.8, 4) is 0 Å². The molecule has 0 aliphatic rings. The Balaban J connectivity index is 3.13. The SMILES string of the molecule is CCOC(=O)c1[nH]c(C)c(C(=O)C(C)N(CCOC)C(C)=O)c1C. The molecule has 24 heavy (non-hydrogen) atoms. The quantitative estimate of drug-likeness (QED) is 0.577. The molecule has 7 nitrogen and oxygen atoms in total. The monoisotopic (exact) mass is 338 g/mol. The number of rotatable bonds is 8. The second-order valence-corrected chi connectivity index (χ2v) is 5.59. The minimum absolute atomic E-state index is 0.204. The number of aryl methyl sites for hydroxylation is 1. The lowest BCUT2D eigenvalue weighted by molar-refractivity contribution is -0.130. The summed E-state index contributed by atoms with van der Waals surface area (Å²) < 4.78 is 9.99. The summed E-state index contributed by atoms with van der Waals surface area (Å²) in [5, 5.41) is 0. The van der Waals surface area contributed by atoms with Gasteiger partial charge in [0.25, 0.3) is 0 Å². The van der Waals surface area contributed by atoms with E-state index in [9.17, 15) is 14.4 Å². The molecule has 0 aromatic carbocycles. The van der Waals surface area contributed by atoms with Gasteiger partial charge in [0.05, 0.1) is 19.3 Å². The molecule has 1 heterocycles. The van der Waals surface area contributed by atoms with Gasteiger partial charge in [-0.05, 0) is 33.3 Å². The van der Waals surface area contributed by atoms with Gasteiger partial charge >= 0.3 is 5.97 Å². The molecule has 1 aromatic rings. The van der Waals surface area contributed by atoms with E-state index in [0.717, 1.165) is 0 Å². The van der Waals surface area contributed by atoms with Crippen molar-refractivity contribution < 1.29 is 23.9 Å². The minimum Gasteiger partial charge on any atom is -0.461 e. The molecule has 0 spiro atoms. The zero-order chi connectivity index (χ0) is 18.4. The summed E-state index contributed by atoms with van der Waals surface area (Å²) in [5.41, 5.74) is 1.83. The van der Waals surface area contributed by atoms with E-state index in [2.05, 4.69) is 4.98 Å². The predicted octanol–water partition coefficient (Wildman–Crippen LogP) is 1.87. The highest BCUT2D eigenvalue weighted by Gasteiger charge is 2.29. The fourth-order valence-corrected chi connectivity index (χ4v) is 2.69. The van der Waals surface area contributed by atoms with Crippen LogP contribution in [-0.2, 0) is 14.3 Å². The first kappa shape index (κ1) is 19.9. The Morgan fingerprint density at radius 3 is 2.38 bits per heavy atom. The molecule has 1 N–H and O–H groups in total. The second kappa shape index (κ2) is 8.63. The summed E-state index contributed by atoms with van der Waals surface area (Å²) in [4.78, 5) is 41.1. The molecule has 0 saturated heterocycles. The molecule has 0 aliphatic heterocycles. The summed E-state index contributed by atoms with van der Waals surface area (Å²) in [6.45, 7) is 9.16. The molecule has 0 bridgehead atoms. The van der Waals surface area contributed by atoms with Crippen LogP contribution >= 0.6 is 0 Å². The number of Topliss-reactive ketones (excluding diaryl/α,β-unsaturated/α-hetero) is 1. The van der Waals surface area contributed by atoms with Crippen LogP contribution < -0.4 is 0 Å². The van der Waals surface area contributed by atoms with Gasteiger partial charge in [0.1, 0.15) is 5.69 Å². The number of esters is 1. The van der Waals surface area contributed by atoms with E-state index >= 15 is 0 Å². The van der Waals surface area contributed by atoms with Crippen LogP contribution in [0.5, 0.6) is 0 Å². The molecule has 1 rings (SSSR count). The normalized spacial score (nSPS) is 11.9. The smallest absolute Gasteiger partial charge is 0.355 e. The number of ether oxygens (including phenoxy) is 2. The van der Waals surface area contributed by atoms with Gasteiger partial charge in [0.2, 0.25) is 5.91 Å². The van der Waals surface area contributed by atoms with E-state index in [1.807, 2.05) is 0 Å². The number of nitrogens with zero attached hydrogens (tertiary/aromatic N) is 1. The average Bonchev–Trinajstić information content (AvgIpc) is 2.81. The summed E-state index contributed by atoms with van der Waals surface area (Å²) in [6.07, 6.45) is 0. The summed E-state index contributed by atoms with van der Waals surface area (Å²) >= 11 is 0. The van der Waals surface area contributed by atoms with Gasteiger partial charge in [0.15, 0.2) is 5.78 Å². The first-order chi connectivity index (χ1) is 11.3. The highest BCUT2D eigenvalue weighted by molar-refractivity contribution is 6.06. The zero-order valence-electron chi connectivity index (χ0n) is 15.2. The number of amides is 1. The molecule has 1 atom stereocenters. The molecule has 0 radical (unpaired) electrons. The molecule has 0 fully saturated rings. The maximum Gasteiger partial charge on any atom is 0.355 e. The maximum absolute atomic E-state index is 12.9. The number of nitrogens with one attached hydrogen (secondary N) is 1. The van der Waals surface area contributed by atoms with Gasteiger partial charge in [-0.15, -0.1) is 0 Å². The van der Waals surface area contributed by atoms with Crippen LogP contribution in [0.4, 0.5) is 0 Å². The Morgan fingerprint density at radius 1 is 1.25 bits per heavy atom. The first-order valence-electron chi connectivity index (χ1n) is 7.92. The molecule has 0 aliphatic carbocycles. The molecule has 1 unspecified atom stereocenters. The molecule has 1 aromatic heterocycles. The number of H-pyrrole nitrogens is 1. The number of hydrogen-bond acceptors (Lipinski definition) is 5. The lowest BCUT2D eigenvalue weighted by atomic mass is 10.00. The average molecular weight is 338 g/mol. The minimum atomic E-state index is -0.652. The van der Waals surface area contributed by atoms with E-state index in [1.165, 1.54) is 18.9 Å². The van der Waals surface area contributed by atoms with Crippen molar-refractivity contribution in [3.63, 3.8) is 0 Å². The Bertz CT molecular complexity index is 621. The van der Waals surface area contributed by atoms with Crippen molar-refractivity contribution >= 4 is 17.7 Å². The Labute approximate surface area is 142 Å². The number of hydrogen-bond donors (Lipinski definition) is 1. The van der Waals surface area contributed by atoms with Crippen molar-refractivity contribution in [2.75, 3.05) is 26.9 Å². The van der Waals surface area contributed by atoms with Gasteiger partial charge in [-0.25, -0.2) is 4.79 Å². The van der Waals surface area contributed by atoms with Crippen LogP contribution in [0.3, 0.4) is 0 Å². The van der Waals surface area contributed by atoms with Gasteiger partial charge in [-0.3, -0.25) is 9.59 Å². The lowest BCUT2D eigenvalue weighted by Gasteiger charge is -2.27. The first-order valence-corrected chi connectivity index (χ1v) is 7.92. The number of carbonyl (C=O) groups is 3. The second-order valence-electron chi connectivity index (χ2n) is 5.59. The van der Waals surface area contributed by atoms with Crippen LogP contribution in [-0.4, -0.2) is 60.5 Å². The largest absolute Gasteiger partial charge is 0.461 e. The fraction of sp³-hybridized carbons (Fsp3) is 0.588. The summed E-state index contributed by atoms with van der Waals surface area (Å²) in [6, 6.07) is -0.652. The van der Waals surface area contributed by atoms with Crippen molar-refractivity contribution in [1.29, 1.82) is 0 Å². The standard InChI is InChI=1S/C17H26N2O5/c1-7-24-17(22)15-10(2)14(11(3)18-15)16(21)12(4)19(13(5)20)8-9-23-6/h12,18H,7-9H2,1-6H3. The van der Waals surface area contributed by atoms with E-state index in [0.29, 0.717) is 30.0 Å². The highest BCUT2D eigenvalue weighted by Crippen LogP contribution is 2.22. The number of methoxy groups -OCH3 is 1. The van der Waals surface area contributed by atoms with Gasteiger partial charge < -0.3 is 19.4 Å². The van der Waals surface area contributed by atoms with E-state index in [4.69, 9.17) is 9.47 Å². The maximum atomic E-state index is 12.9. The molecule has 0 saturated carbocycles. The fourth-order valence-electron chi connectivity index (χ4n) is 2.69. The number of carbonyl (C=O) groups excluding carboxylic acids is 3. The van der Waals surface area contributed by atoms with Gasteiger partial charge in [-0.2, -0.15) is 0 Å². The number of aromatic nitrogens is 1. The van der Waals surface area contributed by atoms with Crippen molar-refractivity contribution in [1.82, 2.24) is 9.88 Å². The number of ketones is 1. The Hall–Kier alpha value is -2.15. The zero-order valence-corrected chi connectivity index (χ0v) is 15.2. The highest BCUT2D eigenvalue weighted by atomic mass is 16.5. The third kappa shape index (κ3) is 4.23. The number of aromatic amines is 1. The molecular weight excluding hydrogens is 312 g/mol. The summed E-state index contributed by atoms with van der Waals surface area (Å²) in [7, 11) is 1.54.